The van der Waals surface area contributed by atoms with Gasteiger partial charge in [-0.2, -0.15) is 5.10 Å². The van der Waals surface area contributed by atoms with E-state index in [1.807, 2.05) is 18.7 Å². The number of aromatic nitrogens is 2. The molecule has 0 bridgehead atoms. The van der Waals surface area contributed by atoms with Gasteiger partial charge >= 0.3 is 0 Å². The second kappa shape index (κ2) is 9.52. The van der Waals surface area contributed by atoms with E-state index >= 15 is 0 Å². The first kappa shape index (κ1) is 21.7. The Bertz CT molecular complexity index is 643. The summed E-state index contributed by atoms with van der Waals surface area (Å²) >= 11 is 0. The summed E-state index contributed by atoms with van der Waals surface area (Å²) in [4.78, 5) is 26.7. The lowest BCUT2D eigenvalue weighted by atomic mass is 9.85. The minimum Gasteiger partial charge on any atom is -0.372 e. The van der Waals surface area contributed by atoms with E-state index in [0.29, 0.717) is 18.8 Å². The summed E-state index contributed by atoms with van der Waals surface area (Å²) in [6, 6.07) is 0.109. The van der Waals surface area contributed by atoms with E-state index in [1.54, 1.807) is 17.1 Å². The van der Waals surface area contributed by atoms with E-state index in [4.69, 9.17) is 10.5 Å². The van der Waals surface area contributed by atoms with Gasteiger partial charge in [-0.3, -0.25) is 14.3 Å². The first-order chi connectivity index (χ1) is 12.4. The highest BCUT2D eigenvalue weighted by atomic mass is 35.5. The number of hydrogen-bond acceptors (Lipinski definition) is 5. The number of carbonyl (C=O) groups is 2. The van der Waals surface area contributed by atoms with Gasteiger partial charge in [0.15, 0.2) is 0 Å². The third-order valence-corrected chi connectivity index (χ3v) is 5.06. The van der Waals surface area contributed by atoms with E-state index in [0.717, 1.165) is 25.7 Å². The van der Waals surface area contributed by atoms with Crippen LogP contribution in [-0.4, -0.2) is 57.8 Å². The van der Waals surface area contributed by atoms with E-state index < -0.39 is 0 Å². The van der Waals surface area contributed by atoms with Gasteiger partial charge in [-0.05, 0) is 33.1 Å². The number of halogens is 1. The predicted molar refractivity (Wildman–Crippen MR) is 105 cm³/mol. The van der Waals surface area contributed by atoms with Gasteiger partial charge in [0.1, 0.15) is 6.54 Å². The average molecular weight is 400 g/mol. The number of ether oxygens (including phenoxy) is 1. The minimum absolute atomic E-state index is 0. The lowest BCUT2D eigenvalue weighted by Gasteiger charge is -2.35. The predicted octanol–water partition coefficient (Wildman–Crippen LogP) is 1.40. The summed E-state index contributed by atoms with van der Waals surface area (Å²) in [5, 5.41) is 7.10. The molecule has 9 heteroatoms. The summed E-state index contributed by atoms with van der Waals surface area (Å²) in [7, 11) is 0. The number of nitrogens with one attached hydrogen (secondary N) is 1. The van der Waals surface area contributed by atoms with Gasteiger partial charge in [-0.15, -0.1) is 12.4 Å². The van der Waals surface area contributed by atoms with Crippen molar-refractivity contribution in [3.63, 3.8) is 0 Å². The van der Waals surface area contributed by atoms with Crippen molar-refractivity contribution in [1.29, 1.82) is 0 Å². The van der Waals surface area contributed by atoms with Crippen molar-refractivity contribution < 1.29 is 14.3 Å². The fraction of sp³-hybridized carbons (Fsp3) is 0.722. The Morgan fingerprint density at radius 1 is 1.30 bits per heavy atom. The molecule has 3 rings (SSSR count). The highest BCUT2D eigenvalue weighted by Crippen LogP contribution is 2.24. The number of morpholine rings is 1. The number of nitrogens with zero attached hydrogens (tertiary/aromatic N) is 3. The molecule has 3 N–H and O–H groups in total. The minimum atomic E-state index is -0.0416. The molecule has 4 unspecified atom stereocenters. The van der Waals surface area contributed by atoms with Crippen LogP contribution in [0.5, 0.6) is 0 Å². The van der Waals surface area contributed by atoms with Crippen molar-refractivity contribution in [2.24, 2.45) is 11.7 Å². The van der Waals surface area contributed by atoms with Gasteiger partial charge in [-0.1, -0.05) is 6.42 Å². The second-order valence-electron chi connectivity index (χ2n) is 7.60. The molecule has 1 aromatic rings. The Morgan fingerprint density at radius 3 is 2.67 bits per heavy atom. The Kier molecular flexibility index (Phi) is 7.64. The standard InChI is InChI=1S/C18H29N5O3.ClH/c1-12-8-22(9-13(2)26-12)17(24)11-23-10-16(7-20-23)21-18(25)14-4-3-5-15(19)6-14;/h7,10,12-15H,3-6,8-9,11,19H2,1-2H3,(H,21,25);1H. The molecule has 1 aromatic heterocycles. The molecule has 1 saturated carbocycles. The maximum absolute atomic E-state index is 12.5. The van der Waals surface area contributed by atoms with Crippen LogP contribution in [0.2, 0.25) is 0 Å². The van der Waals surface area contributed by atoms with Gasteiger partial charge in [0.25, 0.3) is 0 Å². The molecular formula is C18H30ClN5O3. The fourth-order valence-corrected chi connectivity index (χ4v) is 3.84. The van der Waals surface area contributed by atoms with Crippen LogP contribution in [0.1, 0.15) is 39.5 Å². The molecule has 2 heterocycles. The first-order valence-corrected chi connectivity index (χ1v) is 9.43. The van der Waals surface area contributed by atoms with Gasteiger partial charge < -0.3 is 20.7 Å². The van der Waals surface area contributed by atoms with Gasteiger partial charge in [-0.25, -0.2) is 0 Å². The van der Waals surface area contributed by atoms with Crippen molar-refractivity contribution in [2.75, 3.05) is 18.4 Å². The monoisotopic (exact) mass is 399 g/mol. The molecule has 8 nitrogen and oxygen atoms in total. The average Bonchev–Trinajstić information content (AvgIpc) is 3.00. The maximum Gasteiger partial charge on any atom is 0.244 e. The van der Waals surface area contributed by atoms with E-state index in [1.165, 1.54) is 0 Å². The van der Waals surface area contributed by atoms with Gasteiger partial charge in [0, 0.05) is 31.2 Å². The lowest BCUT2D eigenvalue weighted by molar-refractivity contribution is -0.144. The van der Waals surface area contributed by atoms with Crippen LogP contribution < -0.4 is 11.1 Å². The molecule has 2 fully saturated rings. The highest BCUT2D eigenvalue weighted by molar-refractivity contribution is 5.92. The maximum atomic E-state index is 12.5. The molecule has 1 aliphatic carbocycles. The quantitative estimate of drug-likeness (QED) is 0.796. The fourth-order valence-electron chi connectivity index (χ4n) is 3.84. The molecule has 4 atom stereocenters. The van der Waals surface area contributed by atoms with E-state index in [9.17, 15) is 9.59 Å². The summed E-state index contributed by atoms with van der Waals surface area (Å²) < 4.78 is 7.22. The molecule has 27 heavy (non-hydrogen) atoms. The van der Waals surface area contributed by atoms with Crippen LogP contribution in [0.3, 0.4) is 0 Å². The van der Waals surface area contributed by atoms with Crippen LogP contribution in [0.4, 0.5) is 5.69 Å². The van der Waals surface area contributed by atoms with Crippen LogP contribution in [-0.2, 0) is 20.9 Å². The summed E-state index contributed by atoms with van der Waals surface area (Å²) in [5.74, 6) is -0.0480. The van der Waals surface area contributed by atoms with Gasteiger partial charge in [0.2, 0.25) is 11.8 Å². The van der Waals surface area contributed by atoms with Crippen LogP contribution >= 0.6 is 12.4 Å². The SMILES string of the molecule is CC1CN(C(=O)Cn2cc(NC(=O)C3CCCC(N)C3)cn2)CC(C)O1.Cl. The van der Waals surface area contributed by atoms with Crippen LogP contribution in [0.15, 0.2) is 12.4 Å². The largest absolute Gasteiger partial charge is 0.372 e. The molecule has 0 radical (unpaired) electrons. The molecular weight excluding hydrogens is 370 g/mol. The molecule has 152 valence electrons. The van der Waals surface area contributed by atoms with Crippen molar-refractivity contribution in [3.05, 3.63) is 12.4 Å². The Labute approximate surface area is 166 Å². The molecule has 2 aliphatic rings. The van der Waals surface area contributed by atoms with Crippen LogP contribution in [0.25, 0.3) is 0 Å². The number of anilines is 1. The second-order valence-corrected chi connectivity index (χ2v) is 7.60. The number of rotatable bonds is 4. The molecule has 0 aromatic carbocycles. The van der Waals surface area contributed by atoms with E-state index in [-0.39, 0.29) is 54.9 Å². The van der Waals surface area contributed by atoms with Crippen molar-refractivity contribution in [1.82, 2.24) is 14.7 Å². The van der Waals surface area contributed by atoms with Crippen molar-refractivity contribution in [2.45, 2.75) is 64.3 Å². The summed E-state index contributed by atoms with van der Waals surface area (Å²) in [6.45, 7) is 5.28. The number of amides is 2. The normalized spacial score (nSPS) is 28.3. The third kappa shape index (κ3) is 5.92. The summed E-state index contributed by atoms with van der Waals surface area (Å²) in [6.07, 6.45) is 6.94. The topological polar surface area (TPSA) is 102 Å². The van der Waals surface area contributed by atoms with Gasteiger partial charge in [0.05, 0.1) is 24.1 Å². The Morgan fingerprint density at radius 2 is 2.00 bits per heavy atom. The van der Waals surface area contributed by atoms with Crippen molar-refractivity contribution in [3.8, 4) is 0 Å². The zero-order valence-corrected chi connectivity index (χ0v) is 16.8. The number of hydrogen-bond donors (Lipinski definition) is 2. The Balaban J connectivity index is 0.00000261. The Hall–Kier alpha value is -1.64. The van der Waals surface area contributed by atoms with Crippen LogP contribution in [0, 0.1) is 5.92 Å². The zero-order valence-electron chi connectivity index (χ0n) is 16.0. The summed E-state index contributed by atoms with van der Waals surface area (Å²) in [5.41, 5.74) is 6.57. The zero-order chi connectivity index (χ0) is 18.7. The third-order valence-electron chi connectivity index (χ3n) is 5.06. The van der Waals surface area contributed by atoms with Crippen molar-refractivity contribution >= 4 is 29.9 Å². The highest BCUT2D eigenvalue weighted by Gasteiger charge is 2.27. The molecule has 2 amide bonds. The first-order valence-electron chi connectivity index (χ1n) is 9.43. The molecule has 1 saturated heterocycles. The number of carbonyl (C=O) groups excluding carboxylic acids is 2. The number of nitrogens with two attached hydrogens (primary N) is 1. The molecule has 1 aliphatic heterocycles. The lowest BCUT2D eigenvalue weighted by Crippen LogP contribution is -2.49. The smallest absolute Gasteiger partial charge is 0.244 e. The molecule has 0 spiro atoms. The van der Waals surface area contributed by atoms with E-state index in [2.05, 4.69) is 10.4 Å².